The Balaban J connectivity index is 1.51. The molecule has 3 rings (SSSR count). The molecular formula is C25H32N4O3. The van der Waals surface area contributed by atoms with E-state index in [-0.39, 0.29) is 36.3 Å². The fraction of sp³-hybridized carbons (Fsp3) is 0.400. The molecule has 170 valence electrons. The molecule has 1 aliphatic rings. The van der Waals surface area contributed by atoms with Gasteiger partial charge in [0.2, 0.25) is 11.8 Å². The summed E-state index contributed by atoms with van der Waals surface area (Å²) in [7, 11) is 0. The highest BCUT2D eigenvalue weighted by atomic mass is 16.2. The van der Waals surface area contributed by atoms with E-state index in [2.05, 4.69) is 21.3 Å². The largest absolute Gasteiger partial charge is 0.376 e. The van der Waals surface area contributed by atoms with E-state index in [1.54, 1.807) is 24.3 Å². The molecule has 7 heteroatoms. The molecule has 2 aromatic carbocycles. The summed E-state index contributed by atoms with van der Waals surface area (Å²) in [6.07, 6.45) is 4.61. The standard InChI is InChI=1S/C25H32N4O3/c1-17(2)27-23(30)15-18-11-13-19(14-12-18)26-16-24(31)29-22-10-6-5-9-21(22)25(32)28-20-7-3-4-8-20/h5-6,9-14,17,20,26H,3-4,7-8,15-16H2,1-2H3,(H,27,30)(H,28,32)(H,29,31). The number of rotatable bonds is 9. The van der Waals surface area contributed by atoms with Gasteiger partial charge in [-0.1, -0.05) is 37.1 Å². The molecule has 4 N–H and O–H groups in total. The van der Waals surface area contributed by atoms with Crippen LogP contribution in [0.5, 0.6) is 0 Å². The lowest BCUT2D eigenvalue weighted by Crippen LogP contribution is -2.33. The summed E-state index contributed by atoms with van der Waals surface area (Å²) in [4.78, 5) is 37.0. The predicted octanol–water partition coefficient (Wildman–Crippen LogP) is 3.48. The molecular weight excluding hydrogens is 404 g/mol. The average molecular weight is 437 g/mol. The van der Waals surface area contributed by atoms with Crippen LogP contribution < -0.4 is 21.3 Å². The van der Waals surface area contributed by atoms with Crippen LogP contribution in [-0.2, 0) is 16.0 Å². The second-order valence-corrected chi connectivity index (χ2v) is 8.50. The minimum absolute atomic E-state index is 0.0179. The Morgan fingerprint density at radius 1 is 0.938 bits per heavy atom. The summed E-state index contributed by atoms with van der Waals surface area (Å²) < 4.78 is 0. The van der Waals surface area contributed by atoms with Crippen LogP contribution in [0.2, 0.25) is 0 Å². The van der Waals surface area contributed by atoms with E-state index in [1.807, 2.05) is 38.1 Å². The third-order valence-corrected chi connectivity index (χ3v) is 5.36. The molecule has 0 aromatic heterocycles. The van der Waals surface area contributed by atoms with Gasteiger partial charge in [0.05, 0.1) is 24.2 Å². The normalized spacial score (nSPS) is 13.6. The average Bonchev–Trinajstić information content (AvgIpc) is 3.26. The molecule has 7 nitrogen and oxygen atoms in total. The van der Waals surface area contributed by atoms with Crippen molar-refractivity contribution in [3.63, 3.8) is 0 Å². The van der Waals surface area contributed by atoms with Gasteiger partial charge >= 0.3 is 0 Å². The molecule has 1 saturated carbocycles. The van der Waals surface area contributed by atoms with Crippen LogP contribution in [0.4, 0.5) is 11.4 Å². The van der Waals surface area contributed by atoms with Gasteiger partial charge in [-0.2, -0.15) is 0 Å². The van der Waals surface area contributed by atoms with E-state index in [4.69, 9.17) is 0 Å². The van der Waals surface area contributed by atoms with E-state index in [0.29, 0.717) is 17.7 Å². The number of benzene rings is 2. The van der Waals surface area contributed by atoms with Crippen molar-refractivity contribution in [3.05, 3.63) is 59.7 Å². The fourth-order valence-electron chi connectivity index (χ4n) is 3.80. The minimum Gasteiger partial charge on any atom is -0.376 e. The molecule has 0 bridgehead atoms. The zero-order valence-electron chi connectivity index (χ0n) is 18.7. The van der Waals surface area contributed by atoms with Crippen molar-refractivity contribution in [2.75, 3.05) is 17.2 Å². The first-order valence-electron chi connectivity index (χ1n) is 11.2. The Labute approximate surface area is 189 Å². The van der Waals surface area contributed by atoms with Crippen molar-refractivity contribution >= 4 is 29.1 Å². The first-order chi connectivity index (χ1) is 15.4. The number of amides is 3. The van der Waals surface area contributed by atoms with Gasteiger partial charge in [-0.05, 0) is 56.5 Å². The second kappa shape index (κ2) is 11.3. The van der Waals surface area contributed by atoms with Gasteiger partial charge in [0.25, 0.3) is 5.91 Å². The Morgan fingerprint density at radius 3 is 2.31 bits per heavy atom. The van der Waals surface area contributed by atoms with Gasteiger partial charge in [-0.3, -0.25) is 14.4 Å². The number of carbonyl (C=O) groups excluding carboxylic acids is 3. The summed E-state index contributed by atoms with van der Waals surface area (Å²) in [6, 6.07) is 14.8. The molecule has 0 atom stereocenters. The first-order valence-corrected chi connectivity index (χ1v) is 11.2. The molecule has 0 radical (unpaired) electrons. The minimum atomic E-state index is -0.244. The smallest absolute Gasteiger partial charge is 0.253 e. The van der Waals surface area contributed by atoms with Crippen molar-refractivity contribution in [3.8, 4) is 0 Å². The predicted molar refractivity (Wildman–Crippen MR) is 127 cm³/mol. The van der Waals surface area contributed by atoms with Crippen molar-refractivity contribution in [1.29, 1.82) is 0 Å². The quantitative estimate of drug-likeness (QED) is 0.484. The molecule has 0 saturated heterocycles. The zero-order chi connectivity index (χ0) is 22.9. The first kappa shape index (κ1) is 23.3. The number of anilines is 2. The Morgan fingerprint density at radius 2 is 1.62 bits per heavy atom. The number of nitrogens with one attached hydrogen (secondary N) is 4. The molecule has 1 fully saturated rings. The lowest BCUT2D eigenvalue weighted by molar-refractivity contribution is -0.121. The molecule has 1 aliphatic carbocycles. The maximum atomic E-state index is 12.6. The molecule has 0 aliphatic heterocycles. The van der Waals surface area contributed by atoms with Crippen molar-refractivity contribution in [2.24, 2.45) is 0 Å². The highest BCUT2D eigenvalue weighted by Crippen LogP contribution is 2.20. The monoisotopic (exact) mass is 436 g/mol. The summed E-state index contributed by atoms with van der Waals surface area (Å²) in [5.41, 5.74) is 2.65. The molecule has 3 amide bonds. The molecule has 2 aromatic rings. The van der Waals surface area contributed by atoms with Crippen molar-refractivity contribution < 1.29 is 14.4 Å². The van der Waals surface area contributed by atoms with Gasteiger partial charge < -0.3 is 21.3 Å². The van der Waals surface area contributed by atoms with E-state index in [1.165, 1.54) is 0 Å². The van der Waals surface area contributed by atoms with Gasteiger partial charge in [-0.15, -0.1) is 0 Å². The Kier molecular flexibility index (Phi) is 8.25. The molecule has 32 heavy (non-hydrogen) atoms. The number of hydrogen-bond acceptors (Lipinski definition) is 4. The van der Waals surface area contributed by atoms with Gasteiger partial charge in [-0.25, -0.2) is 0 Å². The van der Waals surface area contributed by atoms with Crippen LogP contribution in [0.3, 0.4) is 0 Å². The molecule has 0 unspecified atom stereocenters. The second-order valence-electron chi connectivity index (χ2n) is 8.50. The van der Waals surface area contributed by atoms with Crippen LogP contribution in [0.15, 0.2) is 48.5 Å². The SMILES string of the molecule is CC(C)NC(=O)Cc1ccc(NCC(=O)Nc2ccccc2C(=O)NC2CCCC2)cc1. The zero-order valence-corrected chi connectivity index (χ0v) is 18.7. The Hall–Kier alpha value is -3.35. The molecule has 0 spiro atoms. The highest BCUT2D eigenvalue weighted by Gasteiger charge is 2.20. The number of carbonyl (C=O) groups is 3. The number of para-hydroxylation sites is 1. The maximum absolute atomic E-state index is 12.6. The third-order valence-electron chi connectivity index (χ3n) is 5.36. The maximum Gasteiger partial charge on any atom is 0.253 e. The summed E-state index contributed by atoms with van der Waals surface area (Å²) in [6.45, 7) is 3.92. The van der Waals surface area contributed by atoms with Crippen molar-refractivity contribution in [2.45, 2.75) is 58.0 Å². The molecule has 0 heterocycles. The van der Waals surface area contributed by atoms with Crippen LogP contribution in [-0.4, -0.2) is 36.3 Å². The van der Waals surface area contributed by atoms with Gasteiger partial charge in [0.15, 0.2) is 0 Å². The van der Waals surface area contributed by atoms with E-state index in [9.17, 15) is 14.4 Å². The van der Waals surface area contributed by atoms with Crippen LogP contribution >= 0.6 is 0 Å². The third kappa shape index (κ3) is 7.11. The summed E-state index contributed by atoms with van der Waals surface area (Å²) in [5.74, 6) is -0.417. The van der Waals surface area contributed by atoms with Crippen molar-refractivity contribution in [1.82, 2.24) is 10.6 Å². The number of hydrogen-bond donors (Lipinski definition) is 4. The van der Waals surface area contributed by atoms with E-state index in [0.717, 1.165) is 36.9 Å². The lowest BCUT2D eigenvalue weighted by Gasteiger charge is -2.15. The van der Waals surface area contributed by atoms with E-state index >= 15 is 0 Å². The topological polar surface area (TPSA) is 99.3 Å². The van der Waals surface area contributed by atoms with Crippen LogP contribution in [0.25, 0.3) is 0 Å². The van der Waals surface area contributed by atoms with E-state index < -0.39 is 0 Å². The van der Waals surface area contributed by atoms with Gasteiger partial charge in [0, 0.05) is 17.8 Å². The van der Waals surface area contributed by atoms with Crippen LogP contribution in [0, 0.1) is 0 Å². The summed E-state index contributed by atoms with van der Waals surface area (Å²) >= 11 is 0. The summed E-state index contributed by atoms with van der Waals surface area (Å²) in [5, 5.41) is 11.8. The lowest BCUT2D eigenvalue weighted by atomic mass is 10.1. The van der Waals surface area contributed by atoms with Gasteiger partial charge in [0.1, 0.15) is 0 Å². The highest BCUT2D eigenvalue weighted by molar-refractivity contribution is 6.04. The van der Waals surface area contributed by atoms with Crippen LogP contribution in [0.1, 0.15) is 55.5 Å². The Bertz CT molecular complexity index is 934. The fourth-order valence-corrected chi connectivity index (χ4v) is 3.80.